The highest BCUT2D eigenvalue weighted by Gasteiger charge is 2.60. The fourth-order valence-electron chi connectivity index (χ4n) is 15.2. The van der Waals surface area contributed by atoms with Gasteiger partial charge in [-0.2, -0.15) is 0 Å². The van der Waals surface area contributed by atoms with E-state index in [4.69, 9.17) is 75.4 Å². The van der Waals surface area contributed by atoms with Crippen molar-refractivity contribution in [2.24, 2.45) is 0 Å². The van der Waals surface area contributed by atoms with Crippen LogP contribution in [0, 0.1) is 0 Å². The molecule has 0 aromatic rings. The molecule has 6 saturated heterocycles. The second-order valence-corrected chi connectivity index (χ2v) is 33.6. The highest BCUT2D eigenvalue weighted by molar-refractivity contribution is 7.47. The summed E-state index contributed by atoms with van der Waals surface area (Å²) in [6.07, 6.45) is -51.4. The largest absolute Gasteiger partial charge is 0.472 e. The van der Waals surface area contributed by atoms with Crippen LogP contribution >= 0.6 is 7.82 Å². The number of aliphatic hydroxyl groups is 23. The van der Waals surface area contributed by atoms with Crippen LogP contribution in [-0.4, -0.2) is 414 Å². The summed E-state index contributed by atoms with van der Waals surface area (Å²) in [4.78, 5) is 38.3. The van der Waals surface area contributed by atoms with Gasteiger partial charge in [-0.1, -0.05) is 162 Å². The standard InChI is InChI=1S/C76H137O43P/c1-3-5-7-9-11-13-15-16-17-19-20-22-24-26-28-45(79)104-32-38(110-46(80)29-27-25-23-21-18-14-12-10-8-6-4-2)33-109-120(102,103)119-70-68(117-75-66(100)54(88)48(82)40(31-78)112-75)60(94)59(93)61(95)69(70)118-76-67(101)58(92)52(86)44(116-76)37-108-74-65(99)57(91)51(85)43(115-74)36-107-73-64(98)56(90)50(84)42(114-73)35-106-72-63(97)55(89)49(83)41(113-72)34-105-71-62(96)53(87)47(81)39(30-77)111-71/h38-44,47-78,81-101H,3-37H2,1-2H3,(H,102,103)/t38-,39?,40?,41?,42?,43?,44?,47+,48-,49+,50+,51+,52+,53?,54?,55?,56?,57?,58?,59+,60?,61?,62+,63+,64+,65+,66-,67+,68-,69?,70+,71-,72-,73-,74-,75-,76+/m1/s1. The molecule has 38 atom stereocenters. The van der Waals surface area contributed by atoms with Gasteiger partial charge >= 0.3 is 19.8 Å². The number of aliphatic hydroxyl groups excluding tert-OH is 23. The summed E-state index contributed by atoms with van der Waals surface area (Å²) >= 11 is 0. The topological polar surface area (TPSA) is 684 Å². The Balaban J connectivity index is 1.00. The van der Waals surface area contributed by atoms with Crippen LogP contribution in [0.25, 0.3) is 0 Å². The van der Waals surface area contributed by atoms with E-state index in [-0.39, 0.29) is 12.8 Å². The Labute approximate surface area is 696 Å². The molecule has 16 unspecified atom stereocenters. The number of esters is 2. The zero-order chi connectivity index (χ0) is 88.1. The van der Waals surface area contributed by atoms with Crippen molar-refractivity contribution in [2.75, 3.05) is 52.9 Å². The third kappa shape index (κ3) is 30.7. The molecule has 0 radical (unpaired) electrons. The first kappa shape index (κ1) is 105. The summed E-state index contributed by atoms with van der Waals surface area (Å²) in [6.45, 7) is -2.93. The molecule has 7 aliphatic rings. The highest BCUT2D eigenvalue weighted by atomic mass is 31.2. The van der Waals surface area contributed by atoms with Gasteiger partial charge in [0, 0.05) is 12.8 Å². The number of ether oxygens (including phenoxy) is 14. The highest BCUT2D eigenvalue weighted by Crippen LogP contribution is 2.49. The molecule has 44 heteroatoms. The summed E-state index contributed by atoms with van der Waals surface area (Å²) in [6, 6.07) is 0. The molecule has 120 heavy (non-hydrogen) atoms. The fraction of sp³-hybridized carbons (Fsp3) is 0.974. The maximum Gasteiger partial charge on any atom is 0.472 e. The molecule has 24 N–H and O–H groups in total. The smallest absolute Gasteiger partial charge is 0.462 e. The molecule has 6 heterocycles. The molecule has 1 saturated carbocycles. The van der Waals surface area contributed by atoms with Gasteiger partial charge in [-0.25, -0.2) is 4.57 Å². The summed E-state index contributed by atoms with van der Waals surface area (Å²) in [5, 5.41) is 250. The number of hydrogen-bond donors (Lipinski definition) is 24. The molecule has 7 fully saturated rings. The van der Waals surface area contributed by atoms with E-state index in [0.717, 1.165) is 83.5 Å². The SMILES string of the molecule is CCCCCCCCCCCCCCCCC(=O)OC[C@H](COP(=O)(O)O[C@@H]1C(O[C@@H]2OC(CO[C@@H]3OC(CO[C@@H]4OC(CO[C@@H]5OC(CO[C@@H]6OC(CO)[C@H](O)C(O)[C@@H]6O)[C@H](O)C(O)[C@@H]5O)[C@H](O)C(O)[C@@H]4O)[C@H](O)C(O)[C@@H]3O)[C@H](O)C(O)[C@@H]2O)C(O)[C@@H](O)C(O)[C@H]1O[C@H]1OC(CO)[C@@H](O)C(O)[C@H]1O)OC(=O)CCCCCCCCCCCCC. The molecule has 1 aliphatic carbocycles. The Morgan fingerprint density at radius 2 is 0.550 bits per heavy atom. The van der Waals surface area contributed by atoms with Gasteiger partial charge in [0.25, 0.3) is 0 Å². The minimum Gasteiger partial charge on any atom is -0.462 e. The zero-order valence-corrected chi connectivity index (χ0v) is 68.9. The number of carbonyl (C=O) groups excluding carboxylic acids is 2. The van der Waals surface area contributed by atoms with E-state index in [1.54, 1.807) is 0 Å². The van der Waals surface area contributed by atoms with E-state index in [0.29, 0.717) is 19.3 Å². The predicted molar refractivity (Wildman–Crippen MR) is 403 cm³/mol. The van der Waals surface area contributed by atoms with Crippen molar-refractivity contribution >= 4 is 19.8 Å². The van der Waals surface area contributed by atoms with Crippen molar-refractivity contribution in [1.29, 1.82) is 0 Å². The van der Waals surface area contributed by atoms with Crippen molar-refractivity contribution in [2.45, 2.75) is 414 Å². The lowest BCUT2D eigenvalue weighted by atomic mass is 9.84. The molecule has 0 aromatic carbocycles. The van der Waals surface area contributed by atoms with E-state index in [2.05, 4.69) is 13.8 Å². The monoisotopic (exact) mass is 1770 g/mol. The maximum absolute atomic E-state index is 14.5. The van der Waals surface area contributed by atoms with E-state index >= 15 is 0 Å². The van der Waals surface area contributed by atoms with E-state index in [1.807, 2.05) is 0 Å². The molecule has 7 rings (SSSR count). The van der Waals surface area contributed by atoms with Crippen molar-refractivity contribution in [3.8, 4) is 0 Å². The van der Waals surface area contributed by atoms with Crippen LogP contribution in [0.15, 0.2) is 0 Å². The summed E-state index contributed by atoms with van der Waals surface area (Å²) in [5.74, 6) is -1.50. The summed E-state index contributed by atoms with van der Waals surface area (Å²) < 4.78 is 104. The Bertz CT molecular complexity index is 2870. The third-order valence-electron chi connectivity index (χ3n) is 22.8. The van der Waals surface area contributed by atoms with Gasteiger partial charge < -0.3 is 189 Å². The van der Waals surface area contributed by atoms with Gasteiger partial charge in [-0.05, 0) is 12.8 Å². The van der Waals surface area contributed by atoms with Crippen LogP contribution < -0.4 is 0 Å². The van der Waals surface area contributed by atoms with Crippen LogP contribution in [0.3, 0.4) is 0 Å². The fourth-order valence-corrected chi connectivity index (χ4v) is 16.1. The van der Waals surface area contributed by atoms with Crippen molar-refractivity contribution in [1.82, 2.24) is 0 Å². The second kappa shape index (κ2) is 53.0. The molecular formula is C76H137O43P. The Hall–Kier alpha value is -2.35. The summed E-state index contributed by atoms with van der Waals surface area (Å²) in [5.41, 5.74) is 0. The van der Waals surface area contributed by atoms with Crippen LogP contribution in [0.2, 0.25) is 0 Å². The van der Waals surface area contributed by atoms with Crippen LogP contribution in [0.4, 0.5) is 0 Å². The minimum absolute atomic E-state index is 0.0274. The average Bonchev–Trinajstić information content (AvgIpc) is 0.759. The number of rotatable bonds is 53. The third-order valence-corrected chi connectivity index (χ3v) is 23.8. The number of hydrogen-bond acceptors (Lipinski definition) is 42. The zero-order valence-electron chi connectivity index (χ0n) is 68.0. The number of carbonyl (C=O) groups is 2. The Morgan fingerprint density at radius 3 is 0.858 bits per heavy atom. The van der Waals surface area contributed by atoms with Gasteiger partial charge in [0.1, 0.15) is 190 Å². The molecular weight excluding hydrogens is 1630 g/mol. The number of phosphoric acid groups is 1. The van der Waals surface area contributed by atoms with Crippen molar-refractivity contribution in [3.05, 3.63) is 0 Å². The van der Waals surface area contributed by atoms with Crippen LogP contribution in [0.1, 0.15) is 187 Å². The quantitative estimate of drug-likeness (QED) is 0.0153. The lowest BCUT2D eigenvalue weighted by Crippen LogP contribution is -2.69. The average molecular weight is 1770 g/mol. The number of phosphoric ester groups is 1. The molecule has 0 spiro atoms. The summed E-state index contributed by atoms with van der Waals surface area (Å²) in [7, 11) is -5.88. The van der Waals surface area contributed by atoms with E-state index in [9.17, 15) is 136 Å². The molecule has 6 aliphatic heterocycles. The normalized spacial score (nSPS) is 40.3. The number of unbranched alkanes of at least 4 members (excludes halogenated alkanes) is 23. The molecule has 0 amide bonds. The van der Waals surface area contributed by atoms with Gasteiger partial charge in [0.15, 0.2) is 43.8 Å². The van der Waals surface area contributed by atoms with E-state index in [1.165, 1.54) is 57.8 Å². The first-order valence-corrected chi connectivity index (χ1v) is 43.9. The lowest BCUT2D eigenvalue weighted by Gasteiger charge is -2.49. The molecule has 0 bridgehead atoms. The predicted octanol–water partition coefficient (Wildman–Crippen LogP) is -5.72. The van der Waals surface area contributed by atoms with Crippen LogP contribution in [-0.2, 0) is 89.5 Å². The molecule has 43 nitrogen and oxygen atoms in total. The Kier molecular flexibility index (Phi) is 46.2. The van der Waals surface area contributed by atoms with Gasteiger partial charge in [-0.15, -0.1) is 0 Å². The molecule has 0 aromatic heterocycles. The second-order valence-electron chi connectivity index (χ2n) is 32.2. The van der Waals surface area contributed by atoms with Crippen molar-refractivity contribution in [3.63, 3.8) is 0 Å². The van der Waals surface area contributed by atoms with Crippen molar-refractivity contribution < 1.29 is 212 Å². The minimum atomic E-state index is -5.88. The first-order valence-electron chi connectivity index (χ1n) is 42.4. The van der Waals surface area contributed by atoms with Gasteiger partial charge in [-0.3, -0.25) is 18.6 Å². The molecule has 704 valence electrons. The Morgan fingerprint density at radius 1 is 0.300 bits per heavy atom. The maximum atomic E-state index is 14.5. The first-order chi connectivity index (χ1) is 57.2. The van der Waals surface area contributed by atoms with E-state index < -0.39 is 300 Å². The van der Waals surface area contributed by atoms with Gasteiger partial charge in [0.05, 0.1) is 46.2 Å². The lowest BCUT2D eigenvalue weighted by molar-refractivity contribution is -0.365. The van der Waals surface area contributed by atoms with Crippen LogP contribution in [0.5, 0.6) is 0 Å². The van der Waals surface area contributed by atoms with Gasteiger partial charge in [0.2, 0.25) is 0 Å².